The average Bonchev–Trinajstić information content (AvgIpc) is 3.25. The van der Waals surface area contributed by atoms with Crippen molar-refractivity contribution in [3.63, 3.8) is 0 Å². The van der Waals surface area contributed by atoms with E-state index in [0.29, 0.717) is 29.4 Å². The molecule has 0 radical (unpaired) electrons. The van der Waals surface area contributed by atoms with Crippen molar-refractivity contribution in [2.75, 3.05) is 0 Å². The van der Waals surface area contributed by atoms with E-state index in [9.17, 15) is 4.79 Å². The first-order valence-electron chi connectivity index (χ1n) is 10.5. The minimum atomic E-state index is -0.164. The second-order valence-corrected chi connectivity index (χ2v) is 9.08. The predicted octanol–water partition coefficient (Wildman–Crippen LogP) is 6.19. The molecule has 0 saturated heterocycles. The van der Waals surface area contributed by atoms with Crippen LogP contribution in [0.4, 0.5) is 0 Å². The molecule has 0 fully saturated rings. The van der Waals surface area contributed by atoms with Crippen LogP contribution in [0.2, 0.25) is 5.02 Å². The van der Waals surface area contributed by atoms with Gasteiger partial charge in [0.1, 0.15) is 0 Å². The van der Waals surface area contributed by atoms with Crippen LogP contribution in [0, 0.1) is 0 Å². The Hall–Kier alpha value is -3.19. The molecule has 0 aliphatic carbocycles. The molecule has 0 spiro atoms. The summed E-state index contributed by atoms with van der Waals surface area (Å²) in [5.74, 6) is -0.164. The van der Waals surface area contributed by atoms with E-state index in [4.69, 9.17) is 22.3 Å². The molecule has 5 aromatic rings. The number of aromatic nitrogens is 2. The van der Waals surface area contributed by atoms with Gasteiger partial charge in [-0.15, -0.1) is 0 Å². The number of pyridine rings is 1. The van der Waals surface area contributed by atoms with E-state index in [0.717, 1.165) is 43.0 Å². The molecule has 0 unspecified atom stereocenters. The number of nitrogens with one attached hydrogen (secondary N) is 2. The van der Waals surface area contributed by atoms with Gasteiger partial charge in [0, 0.05) is 50.6 Å². The molecular weight excluding hydrogens is 500 g/mol. The van der Waals surface area contributed by atoms with Crippen LogP contribution in [0.15, 0.2) is 77.4 Å². The van der Waals surface area contributed by atoms with Gasteiger partial charge >= 0.3 is 0 Å². The fraction of sp³-hybridized carbons (Fsp3) is 0.0769. The fourth-order valence-electron chi connectivity index (χ4n) is 3.91. The molecule has 164 valence electrons. The fourth-order valence-corrected chi connectivity index (χ4v) is 4.54. The maximum Gasteiger partial charge on any atom is 0.252 e. The number of amides is 1. The van der Waals surface area contributed by atoms with Crippen molar-refractivity contribution < 1.29 is 4.79 Å². The van der Waals surface area contributed by atoms with Crippen LogP contribution in [0.1, 0.15) is 21.5 Å². The highest BCUT2D eigenvalue weighted by Gasteiger charge is 2.17. The molecule has 4 N–H and O–H groups in total. The zero-order chi connectivity index (χ0) is 22.9. The van der Waals surface area contributed by atoms with Crippen molar-refractivity contribution in [1.29, 1.82) is 0 Å². The van der Waals surface area contributed by atoms with Crippen LogP contribution in [-0.4, -0.2) is 15.9 Å². The molecule has 0 aliphatic rings. The summed E-state index contributed by atoms with van der Waals surface area (Å²) < 4.78 is 0.825. The molecule has 5 rings (SSSR count). The first kappa shape index (κ1) is 21.6. The number of nitrogens with two attached hydrogens (primary N) is 1. The molecule has 0 aliphatic heterocycles. The van der Waals surface area contributed by atoms with Crippen molar-refractivity contribution in [2.24, 2.45) is 5.73 Å². The number of hydrogen-bond acceptors (Lipinski definition) is 3. The van der Waals surface area contributed by atoms with Gasteiger partial charge in [-0.05, 0) is 57.4 Å². The number of benzene rings is 3. The van der Waals surface area contributed by atoms with E-state index in [2.05, 4.69) is 26.2 Å². The van der Waals surface area contributed by atoms with Crippen molar-refractivity contribution >= 4 is 55.2 Å². The van der Waals surface area contributed by atoms with Gasteiger partial charge in [0.25, 0.3) is 5.91 Å². The quantitative estimate of drug-likeness (QED) is 0.259. The lowest BCUT2D eigenvalue weighted by molar-refractivity contribution is 0.0952. The van der Waals surface area contributed by atoms with Gasteiger partial charge in [-0.3, -0.25) is 4.79 Å². The Bertz CT molecular complexity index is 1490. The second-order valence-electron chi connectivity index (χ2n) is 7.79. The summed E-state index contributed by atoms with van der Waals surface area (Å²) in [5.41, 5.74) is 11.6. The predicted molar refractivity (Wildman–Crippen MR) is 137 cm³/mol. The Morgan fingerprint density at radius 1 is 1.03 bits per heavy atom. The molecule has 3 aromatic carbocycles. The van der Waals surface area contributed by atoms with E-state index < -0.39 is 0 Å². The largest absolute Gasteiger partial charge is 0.360 e. The molecule has 2 heterocycles. The van der Waals surface area contributed by atoms with Gasteiger partial charge in [-0.25, -0.2) is 4.98 Å². The Kier molecular flexibility index (Phi) is 5.89. The van der Waals surface area contributed by atoms with Crippen molar-refractivity contribution in [1.82, 2.24) is 15.3 Å². The summed E-state index contributed by atoms with van der Waals surface area (Å²) in [7, 11) is 0. The summed E-state index contributed by atoms with van der Waals surface area (Å²) in [6.07, 6.45) is 1.90. The number of para-hydroxylation sites is 1. The Morgan fingerprint density at radius 2 is 1.82 bits per heavy atom. The minimum Gasteiger partial charge on any atom is -0.360 e. The lowest BCUT2D eigenvalue weighted by Crippen LogP contribution is -2.23. The van der Waals surface area contributed by atoms with Crippen LogP contribution < -0.4 is 11.1 Å². The third kappa shape index (κ3) is 4.25. The average molecular weight is 520 g/mol. The van der Waals surface area contributed by atoms with Gasteiger partial charge in [-0.2, -0.15) is 0 Å². The number of aromatic amines is 1. The van der Waals surface area contributed by atoms with E-state index in [1.165, 1.54) is 0 Å². The maximum absolute atomic E-state index is 13.3. The summed E-state index contributed by atoms with van der Waals surface area (Å²) in [4.78, 5) is 21.4. The van der Waals surface area contributed by atoms with E-state index >= 15 is 0 Å². The third-order valence-corrected chi connectivity index (χ3v) is 6.54. The number of carbonyl (C=O) groups is 1. The molecule has 33 heavy (non-hydrogen) atoms. The summed E-state index contributed by atoms with van der Waals surface area (Å²) in [5, 5.41) is 5.41. The Balaban J connectivity index is 1.56. The molecule has 7 heteroatoms. The number of carbonyl (C=O) groups excluding carboxylic acids is 1. The van der Waals surface area contributed by atoms with Gasteiger partial charge in [0.15, 0.2) is 0 Å². The van der Waals surface area contributed by atoms with E-state index in [1.807, 2.05) is 72.9 Å². The SMILES string of the molecule is NCc1ccc(CNC(=O)c2cc(-c3c[nH]c4ccc(Cl)cc34)nc3c(Br)cccc23)cc1. The topological polar surface area (TPSA) is 83.8 Å². The Labute approximate surface area is 204 Å². The molecule has 1 amide bonds. The Morgan fingerprint density at radius 3 is 2.61 bits per heavy atom. The van der Waals surface area contributed by atoms with Crippen molar-refractivity contribution in [3.8, 4) is 11.3 Å². The number of fused-ring (bicyclic) bond motifs is 2. The lowest BCUT2D eigenvalue weighted by atomic mass is 10.0. The number of hydrogen-bond donors (Lipinski definition) is 3. The van der Waals surface area contributed by atoms with Crippen molar-refractivity contribution in [2.45, 2.75) is 13.1 Å². The minimum absolute atomic E-state index is 0.164. The second kappa shape index (κ2) is 8.98. The van der Waals surface area contributed by atoms with Gasteiger partial charge in [0.2, 0.25) is 0 Å². The smallest absolute Gasteiger partial charge is 0.252 e. The van der Waals surface area contributed by atoms with Crippen LogP contribution in [-0.2, 0) is 13.1 Å². The van der Waals surface area contributed by atoms with Gasteiger partial charge < -0.3 is 16.0 Å². The van der Waals surface area contributed by atoms with Crippen LogP contribution in [0.25, 0.3) is 33.1 Å². The zero-order valence-corrected chi connectivity index (χ0v) is 19.9. The van der Waals surface area contributed by atoms with Crippen LogP contribution in [0.5, 0.6) is 0 Å². The highest BCUT2D eigenvalue weighted by atomic mass is 79.9. The maximum atomic E-state index is 13.3. The molecule has 0 saturated carbocycles. The molecule has 5 nitrogen and oxygen atoms in total. The first-order valence-corrected chi connectivity index (χ1v) is 11.6. The van der Waals surface area contributed by atoms with Gasteiger partial charge in [-0.1, -0.05) is 48.0 Å². The van der Waals surface area contributed by atoms with Crippen LogP contribution >= 0.6 is 27.5 Å². The van der Waals surface area contributed by atoms with Crippen LogP contribution in [0.3, 0.4) is 0 Å². The molecule has 0 bridgehead atoms. The monoisotopic (exact) mass is 518 g/mol. The van der Waals surface area contributed by atoms with E-state index in [-0.39, 0.29) is 5.91 Å². The molecule has 0 atom stereocenters. The number of H-pyrrole nitrogens is 1. The number of halogens is 2. The lowest BCUT2D eigenvalue weighted by Gasteiger charge is -2.12. The first-order chi connectivity index (χ1) is 16.0. The standard InChI is InChI=1S/C26H20BrClN4O/c27-22-3-1-2-18-20(26(33)31-13-16-6-4-15(12-29)5-7-16)11-24(32-25(18)22)21-14-30-23-9-8-17(28)10-19(21)23/h1-11,14,30H,12-13,29H2,(H,31,33). The van der Waals surface area contributed by atoms with E-state index in [1.54, 1.807) is 0 Å². The normalized spacial score (nSPS) is 11.2. The number of nitrogens with zero attached hydrogens (tertiary/aromatic N) is 1. The highest BCUT2D eigenvalue weighted by molar-refractivity contribution is 9.10. The number of rotatable bonds is 5. The summed E-state index contributed by atoms with van der Waals surface area (Å²) in [6.45, 7) is 0.909. The third-order valence-electron chi connectivity index (χ3n) is 5.67. The zero-order valence-electron chi connectivity index (χ0n) is 17.5. The highest BCUT2D eigenvalue weighted by Crippen LogP contribution is 2.33. The van der Waals surface area contributed by atoms with Gasteiger partial charge in [0.05, 0.1) is 16.8 Å². The summed E-state index contributed by atoms with van der Waals surface area (Å²) >= 11 is 9.84. The van der Waals surface area contributed by atoms with Crippen molar-refractivity contribution in [3.05, 3.63) is 99.1 Å². The summed E-state index contributed by atoms with van der Waals surface area (Å²) in [6, 6.07) is 21.2. The molecular formula is C26H20BrClN4O. The molecule has 2 aromatic heterocycles.